The van der Waals surface area contributed by atoms with Crippen molar-refractivity contribution in [2.75, 3.05) is 6.54 Å². The van der Waals surface area contributed by atoms with Crippen LogP contribution in [0.3, 0.4) is 0 Å². The fourth-order valence-corrected chi connectivity index (χ4v) is 1.80. The largest absolute Gasteiger partial charge is 0.481 e. The number of carboxylic acid groups (broad SMARTS) is 1. The van der Waals surface area contributed by atoms with E-state index in [1.54, 1.807) is 13.8 Å². The predicted molar refractivity (Wildman–Crippen MR) is 68.9 cm³/mol. The molecule has 1 rings (SSSR count). The number of hydrogen-bond acceptors (Lipinski definition) is 5. The maximum atomic E-state index is 10.9. The summed E-state index contributed by atoms with van der Waals surface area (Å²) >= 11 is 0. The predicted octanol–water partition coefficient (Wildman–Crippen LogP) is 1.56. The minimum absolute atomic E-state index is 0.0948. The summed E-state index contributed by atoms with van der Waals surface area (Å²) in [6.45, 7) is 4.26. The number of hydrogen-bond donors (Lipinski definition) is 2. The van der Waals surface area contributed by atoms with Crippen molar-refractivity contribution in [3.63, 3.8) is 0 Å². The maximum absolute atomic E-state index is 10.9. The smallest absolute Gasteiger partial charge is 0.303 e. The van der Waals surface area contributed by atoms with Gasteiger partial charge in [0.05, 0.1) is 10.6 Å². The Bertz CT molecular complexity index is 488. The number of nitrogens with one attached hydrogen (secondary N) is 1. The molecule has 19 heavy (non-hydrogen) atoms. The highest BCUT2D eigenvalue weighted by Crippen LogP contribution is 2.23. The zero-order chi connectivity index (χ0) is 14.4. The van der Waals surface area contributed by atoms with Gasteiger partial charge in [-0.2, -0.15) is 0 Å². The zero-order valence-electron chi connectivity index (χ0n) is 11.0. The lowest BCUT2D eigenvalue weighted by atomic mass is 10.1. The normalized spacial score (nSPS) is 10.4. The minimum atomic E-state index is -0.831. The van der Waals surface area contributed by atoms with Crippen LogP contribution in [-0.4, -0.2) is 27.5 Å². The second kappa shape index (κ2) is 6.79. The molecule has 0 radical (unpaired) electrons. The van der Waals surface area contributed by atoms with Crippen molar-refractivity contribution in [2.45, 2.75) is 33.2 Å². The number of aliphatic carboxylic acids is 1. The first-order valence-corrected chi connectivity index (χ1v) is 5.95. The van der Waals surface area contributed by atoms with Crippen molar-refractivity contribution in [2.24, 2.45) is 0 Å². The van der Waals surface area contributed by atoms with E-state index in [1.807, 2.05) is 0 Å². The van der Waals surface area contributed by atoms with Crippen LogP contribution in [0, 0.1) is 24.0 Å². The van der Waals surface area contributed by atoms with Gasteiger partial charge >= 0.3 is 5.97 Å². The van der Waals surface area contributed by atoms with Gasteiger partial charge in [0.25, 0.3) is 5.69 Å². The third-order valence-corrected chi connectivity index (χ3v) is 2.79. The molecule has 0 saturated heterocycles. The Morgan fingerprint density at radius 1 is 1.53 bits per heavy atom. The second-order valence-corrected chi connectivity index (χ2v) is 4.29. The van der Waals surface area contributed by atoms with Crippen LogP contribution in [0.5, 0.6) is 0 Å². The van der Waals surface area contributed by atoms with Crippen LogP contribution in [0.1, 0.15) is 29.7 Å². The molecule has 0 amide bonds. The molecule has 0 aliphatic rings. The van der Waals surface area contributed by atoms with Crippen molar-refractivity contribution < 1.29 is 14.8 Å². The van der Waals surface area contributed by atoms with Crippen LogP contribution >= 0.6 is 0 Å². The lowest BCUT2D eigenvalue weighted by Gasteiger charge is -2.08. The first-order chi connectivity index (χ1) is 8.93. The molecule has 0 fully saturated rings. The van der Waals surface area contributed by atoms with E-state index in [1.165, 1.54) is 6.20 Å². The van der Waals surface area contributed by atoms with E-state index in [0.717, 1.165) is 0 Å². The van der Waals surface area contributed by atoms with E-state index in [0.29, 0.717) is 36.3 Å². The van der Waals surface area contributed by atoms with Crippen molar-refractivity contribution >= 4 is 11.7 Å². The third-order valence-electron chi connectivity index (χ3n) is 2.79. The Morgan fingerprint density at radius 3 is 2.79 bits per heavy atom. The molecular formula is C12H17N3O4. The van der Waals surface area contributed by atoms with E-state index in [4.69, 9.17) is 5.11 Å². The van der Waals surface area contributed by atoms with E-state index < -0.39 is 10.9 Å². The summed E-state index contributed by atoms with van der Waals surface area (Å²) in [5, 5.41) is 22.5. The molecule has 104 valence electrons. The van der Waals surface area contributed by atoms with Gasteiger partial charge in [0.2, 0.25) is 0 Å². The Kier molecular flexibility index (Phi) is 5.37. The van der Waals surface area contributed by atoms with Gasteiger partial charge in [-0.1, -0.05) is 0 Å². The fourth-order valence-electron chi connectivity index (χ4n) is 1.80. The molecule has 7 nitrogen and oxygen atoms in total. The standard InChI is InChI=1S/C12H17N3O4/c1-8-6-14-10(9(2)12(8)15(18)19)7-13-5-3-4-11(16)17/h6,13H,3-5,7H2,1-2H3,(H,16,17). The van der Waals surface area contributed by atoms with Gasteiger partial charge in [0.1, 0.15) is 0 Å². The zero-order valence-corrected chi connectivity index (χ0v) is 11.0. The molecule has 0 aliphatic heterocycles. The number of nitrogens with zero attached hydrogens (tertiary/aromatic N) is 2. The quantitative estimate of drug-likeness (QED) is 0.441. The van der Waals surface area contributed by atoms with Gasteiger partial charge in [-0.3, -0.25) is 19.9 Å². The van der Waals surface area contributed by atoms with Crippen LogP contribution in [0.4, 0.5) is 5.69 Å². The molecule has 0 unspecified atom stereocenters. The monoisotopic (exact) mass is 267 g/mol. The Morgan fingerprint density at radius 2 is 2.21 bits per heavy atom. The number of aromatic nitrogens is 1. The summed E-state index contributed by atoms with van der Waals surface area (Å²) in [6.07, 6.45) is 2.11. The van der Waals surface area contributed by atoms with Gasteiger partial charge in [0.15, 0.2) is 0 Å². The van der Waals surface area contributed by atoms with Crippen LogP contribution in [0.25, 0.3) is 0 Å². The van der Waals surface area contributed by atoms with Gasteiger partial charge in [-0.25, -0.2) is 0 Å². The van der Waals surface area contributed by atoms with Crippen molar-refractivity contribution in [1.82, 2.24) is 10.3 Å². The fraction of sp³-hybridized carbons (Fsp3) is 0.500. The Hall–Kier alpha value is -2.02. The van der Waals surface area contributed by atoms with Gasteiger partial charge in [-0.15, -0.1) is 0 Å². The molecule has 0 bridgehead atoms. The summed E-state index contributed by atoms with van der Waals surface area (Å²) < 4.78 is 0. The van der Waals surface area contributed by atoms with Crippen molar-refractivity contribution in [3.05, 3.63) is 33.1 Å². The average Bonchev–Trinajstić information content (AvgIpc) is 2.30. The molecule has 1 aromatic heterocycles. The number of aryl methyl sites for hydroxylation is 1. The SMILES string of the molecule is Cc1cnc(CNCCCC(=O)O)c(C)c1[N+](=O)[O-]. The molecule has 0 aliphatic carbocycles. The summed E-state index contributed by atoms with van der Waals surface area (Å²) in [7, 11) is 0. The van der Waals surface area contributed by atoms with Gasteiger partial charge < -0.3 is 10.4 Å². The van der Waals surface area contributed by atoms with Crippen molar-refractivity contribution in [3.8, 4) is 0 Å². The third kappa shape index (κ3) is 4.29. The Balaban J connectivity index is 2.62. The number of carboxylic acids is 1. The molecule has 0 saturated carbocycles. The molecule has 0 aromatic carbocycles. The molecule has 7 heteroatoms. The lowest BCUT2D eigenvalue weighted by Crippen LogP contribution is -2.18. The topological polar surface area (TPSA) is 105 Å². The molecule has 1 aromatic rings. The second-order valence-electron chi connectivity index (χ2n) is 4.29. The van der Waals surface area contributed by atoms with E-state index in [2.05, 4.69) is 10.3 Å². The van der Waals surface area contributed by atoms with Crippen LogP contribution < -0.4 is 5.32 Å². The summed E-state index contributed by atoms with van der Waals surface area (Å²) in [6, 6.07) is 0. The number of carbonyl (C=O) groups is 1. The average molecular weight is 267 g/mol. The Labute approximate surface area is 110 Å². The highest BCUT2D eigenvalue weighted by Gasteiger charge is 2.18. The summed E-state index contributed by atoms with van der Waals surface area (Å²) in [5.41, 5.74) is 1.80. The molecular weight excluding hydrogens is 250 g/mol. The molecule has 0 spiro atoms. The highest BCUT2D eigenvalue weighted by atomic mass is 16.6. The molecule has 1 heterocycles. The molecule has 0 atom stereocenters. The van der Waals surface area contributed by atoms with Gasteiger partial charge in [-0.05, 0) is 26.8 Å². The maximum Gasteiger partial charge on any atom is 0.303 e. The minimum Gasteiger partial charge on any atom is -0.481 e. The highest BCUT2D eigenvalue weighted by molar-refractivity contribution is 5.66. The number of nitro groups is 1. The summed E-state index contributed by atoms with van der Waals surface area (Å²) in [4.78, 5) is 25.0. The van der Waals surface area contributed by atoms with E-state index in [9.17, 15) is 14.9 Å². The lowest BCUT2D eigenvalue weighted by molar-refractivity contribution is -0.386. The summed E-state index contributed by atoms with van der Waals surface area (Å²) in [5.74, 6) is -0.831. The first kappa shape index (κ1) is 15.0. The number of rotatable bonds is 7. The van der Waals surface area contributed by atoms with E-state index in [-0.39, 0.29) is 12.1 Å². The first-order valence-electron chi connectivity index (χ1n) is 5.95. The van der Waals surface area contributed by atoms with Gasteiger partial charge in [0, 0.05) is 30.3 Å². The molecule has 2 N–H and O–H groups in total. The van der Waals surface area contributed by atoms with Crippen LogP contribution in [0.15, 0.2) is 6.20 Å². The van der Waals surface area contributed by atoms with Crippen LogP contribution in [0.2, 0.25) is 0 Å². The number of pyridine rings is 1. The van der Waals surface area contributed by atoms with E-state index >= 15 is 0 Å². The van der Waals surface area contributed by atoms with Crippen molar-refractivity contribution in [1.29, 1.82) is 0 Å². The van der Waals surface area contributed by atoms with Crippen LogP contribution in [-0.2, 0) is 11.3 Å².